The lowest BCUT2D eigenvalue weighted by atomic mass is 10.0. The van der Waals surface area contributed by atoms with Gasteiger partial charge >= 0.3 is 0 Å². The van der Waals surface area contributed by atoms with Gasteiger partial charge in [0.25, 0.3) is 5.91 Å². The molecule has 5 nitrogen and oxygen atoms in total. The molecular weight excluding hydrogens is 232 g/mol. The van der Waals surface area contributed by atoms with Crippen molar-refractivity contribution in [2.75, 3.05) is 20.1 Å². The van der Waals surface area contributed by atoms with Crippen LogP contribution in [0.15, 0.2) is 18.2 Å². The van der Waals surface area contributed by atoms with Crippen LogP contribution in [0.5, 0.6) is 11.5 Å². The number of hydrogen-bond acceptors (Lipinski definition) is 4. The van der Waals surface area contributed by atoms with Gasteiger partial charge in [-0.15, -0.1) is 0 Å². The van der Waals surface area contributed by atoms with E-state index in [1.165, 1.54) is 12.1 Å². The summed E-state index contributed by atoms with van der Waals surface area (Å²) < 4.78 is 0. The van der Waals surface area contributed by atoms with Crippen molar-refractivity contribution in [3.8, 4) is 11.5 Å². The zero-order chi connectivity index (χ0) is 13.1. The zero-order valence-electron chi connectivity index (χ0n) is 10.4. The number of para-hydroxylation sites is 1. The van der Waals surface area contributed by atoms with Gasteiger partial charge in [-0.1, -0.05) is 6.07 Å². The Morgan fingerprint density at radius 1 is 1.33 bits per heavy atom. The number of rotatable bonds is 2. The second kappa shape index (κ2) is 5.27. The molecule has 1 heterocycles. The first-order valence-electron chi connectivity index (χ1n) is 6.11. The molecule has 1 aliphatic heterocycles. The van der Waals surface area contributed by atoms with Gasteiger partial charge in [0.05, 0.1) is 5.56 Å². The molecule has 1 aromatic carbocycles. The summed E-state index contributed by atoms with van der Waals surface area (Å²) in [4.78, 5) is 13.9. The van der Waals surface area contributed by atoms with Crippen molar-refractivity contribution in [1.82, 2.24) is 10.2 Å². The van der Waals surface area contributed by atoms with Crippen LogP contribution < -0.4 is 5.32 Å². The molecular formula is C13H18N2O3. The van der Waals surface area contributed by atoms with Crippen molar-refractivity contribution >= 4 is 5.91 Å². The van der Waals surface area contributed by atoms with Gasteiger partial charge in [-0.2, -0.15) is 0 Å². The number of likely N-dealkylation sites (tertiary alicyclic amines) is 1. The number of nitrogens with one attached hydrogen (secondary N) is 1. The molecule has 0 aromatic heterocycles. The van der Waals surface area contributed by atoms with E-state index < -0.39 is 0 Å². The van der Waals surface area contributed by atoms with E-state index in [1.807, 2.05) is 7.05 Å². The second-order valence-electron chi connectivity index (χ2n) is 4.53. The molecule has 0 saturated carbocycles. The zero-order valence-corrected chi connectivity index (χ0v) is 10.4. The van der Waals surface area contributed by atoms with Crippen molar-refractivity contribution in [3.05, 3.63) is 23.8 Å². The lowest BCUT2D eigenvalue weighted by Gasteiger charge is -2.32. The summed E-state index contributed by atoms with van der Waals surface area (Å²) in [6, 6.07) is 4.90. The third-order valence-electron chi connectivity index (χ3n) is 3.44. The van der Waals surface area contributed by atoms with Crippen LogP contribution >= 0.6 is 0 Å². The molecule has 5 heteroatoms. The Labute approximate surface area is 106 Å². The molecule has 0 radical (unpaired) electrons. The van der Waals surface area contributed by atoms with Crippen LogP contribution in [0, 0.1) is 0 Å². The second-order valence-corrected chi connectivity index (χ2v) is 4.53. The van der Waals surface area contributed by atoms with Crippen LogP contribution in [0.25, 0.3) is 0 Å². The molecule has 18 heavy (non-hydrogen) atoms. The Morgan fingerprint density at radius 3 is 2.61 bits per heavy atom. The van der Waals surface area contributed by atoms with Crippen LogP contribution in [-0.2, 0) is 0 Å². The van der Waals surface area contributed by atoms with E-state index in [9.17, 15) is 15.0 Å². The van der Waals surface area contributed by atoms with E-state index in [1.54, 1.807) is 11.0 Å². The molecule has 3 N–H and O–H groups in total. The number of hydrogen-bond donors (Lipinski definition) is 3. The maximum absolute atomic E-state index is 12.2. The van der Waals surface area contributed by atoms with Gasteiger partial charge in [0.15, 0.2) is 11.5 Å². The van der Waals surface area contributed by atoms with E-state index in [2.05, 4.69) is 5.32 Å². The highest BCUT2D eigenvalue weighted by Gasteiger charge is 2.25. The standard InChI is InChI=1S/C13H18N2O3/c1-14-9-5-7-15(8-6-9)13(18)10-3-2-4-11(16)12(10)17/h2-4,9,14,16-17H,5-8H2,1H3. The largest absolute Gasteiger partial charge is 0.504 e. The quantitative estimate of drug-likeness (QED) is 0.682. The maximum Gasteiger partial charge on any atom is 0.257 e. The third kappa shape index (κ3) is 2.41. The summed E-state index contributed by atoms with van der Waals surface area (Å²) in [5, 5.41) is 22.3. The molecule has 1 aliphatic rings. The smallest absolute Gasteiger partial charge is 0.257 e. The maximum atomic E-state index is 12.2. The summed E-state index contributed by atoms with van der Waals surface area (Å²) in [6.07, 6.45) is 1.81. The van der Waals surface area contributed by atoms with Gasteiger partial charge < -0.3 is 20.4 Å². The van der Waals surface area contributed by atoms with Gasteiger partial charge in [0, 0.05) is 19.1 Å². The van der Waals surface area contributed by atoms with Crippen LogP contribution in [0.1, 0.15) is 23.2 Å². The summed E-state index contributed by atoms with van der Waals surface area (Å²) in [5.74, 6) is -0.817. The van der Waals surface area contributed by atoms with Crippen molar-refractivity contribution in [1.29, 1.82) is 0 Å². The highest BCUT2D eigenvalue weighted by molar-refractivity contribution is 5.97. The minimum Gasteiger partial charge on any atom is -0.504 e. The van der Waals surface area contributed by atoms with Crippen molar-refractivity contribution in [3.63, 3.8) is 0 Å². The Bertz CT molecular complexity index is 440. The average Bonchev–Trinajstić information content (AvgIpc) is 2.41. The van der Waals surface area contributed by atoms with Crippen LogP contribution in [-0.4, -0.2) is 47.2 Å². The summed E-state index contributed by atoms with van der Waals surface area (Å²) >= 11 is 0. The lowest BCUT2D eigenvalue weighted by Crippen LogP contribution is -2.43. The molecule has 1 saturated heterocycles. The summed E-state index contributed by atoms with van der Waals surface area (Å²) in [7, 11) is 1.92. The fourth-order valence-electron chi connectivity index (χ4n) is 2.25. The first kappa shape index (κ1) is 12.7. The van der Waals surface area contributed by atoms with Crippen LogP contribution in [0.4, 0.5) is 0 Å². The molecule has 1 aromatic rings. The average molecular weight is 250 g/mol. The Balaban J connectivity index is 2.10. The number of phenols is 2. The van der Waals surface area contributed by atoms with Crippen molar-refractivity contribution in [2.45, 2.75) is 18.9 Å². The summed E-state index contributed by atoms with van der Waals surface area (Å²) in [5.41, 5.74) is 0.165. The molecule has 0 aliphatic carbocycles. The minimum absolute atomic E-state index is 0.165. The minimum atomic E-state index is -0.335. The van der Waals surface area contributed by atoms with Crippen LogP contribution in [0.2, 0.25) is 0 Å². The van der Waals surface area contributed by atoms with Crippen molar-refractivity contribution in [2.24, 2.45) is 0 Å². The van der Waals surface area contributed by atoms with Gasteiger partial charge in [0.1, 0.15) is 0 Å². The number of benzene rings is 1. The number of aromatic hydroxyl groups is 2. The van der Waals surface area contributed by atoms with Gasteiger partial charge in [-0.05, 0) is 32.0 Å². The van der Waals surface area contributed by atoms with Gasteiger partial charge in [0.2, 0.25) is 0 Å². The third-order valence-corrected chi connectivity index (χ3v) is 3.44. The molecule has 0 unspecified atom stereocenters. The predicted octanol–water partition coefficient (Wildman–Crippen LogP) is 0.922. The number of amides is 1. The van der Waals surface area contributed by atoms with E-state index in [0.717, 1.165) is 12.8 Å². The lowest BCUT2D eigenvalue weighted by molar-refractivity contribution is 0.0703. The Morgan fingerprint density at radius 2 is 2.00 bits per heavy atom. The van der Waals surface area contributed by atoms with Gasteiger partial charge in [-0.3, -0.25) is 4.79 Å². The molecule has 98 valence electrons. The molecule has 1 amide bonds. The predicted molar refractivity (Wildman–Crippen MR) is 67.8 cm³/mol. The number of carbonyl (C=O) groups excluding carboxylic acids is 1. The first-order chi connectivity index (χ1) is 8.63. The SMILES string of the molecule is CNC1CCN(C(=O)c2cccc(O)c2O)CC1. The van der Waals surface area contributed by atoms with Crippen LogP contribution in [0.3, 0.4) is 0 Å². The number of carbonyl (C=O) groups is 1. The molecule has 2 rings (SSSR count). The number of phenolic OH excluding ortho intramolecular Hbond substituents is 2. The van der Waals surface area contributed by atoms with E-state index >= 15 is 0 Å². The number of nitrogens with zero attached hydrogens (tertiary/aromatic N) is 1. The van der Waals surface area contributed by atoms with E-state index in [0.29, 0.717) is 19.1 Å². The normalized spacial score (nSPS) is 16.8. The molecule has 0 spiro atoms. The van der Waals surface area contributed by atoms with Crippen molar-refractivity contribution < 1.29 is 15.0 Å². The highest BCUT2D eigenvalue weighted by Crippen LogP contribution is 2.29. The first-order valence-corrected chi connectivity index (χ1v) is 6.11. The molecule has 0 bridgehead atoms. The Hall–Kier alpha value is -1.75. The molecule has 1 fully saturated rings. The molecule has 0 atom stereocenters. The summed E-state index contributed by atoms with van der Waals surface area (Å²) in [6.45, 7) is 1.33. The fraction of sp³-hybridized carbons (Fsp3) is 0.462. The number of piperidine rings is 1. The highest BCUT2D eigenvalue weighted by atomic mass is 16.3. The topological polar surface area (TPSA) is 72.8 Å². The Kier molecular flexibility index (Phi) is 3.72. The van der Waals surface area contributed by atoms with Gasteiger partial charge in [-0.25, -0.2) is 0 Å². The van der Waals surface area contributed by atoms with E-state index in [-0.39, 0.29) is 23.0 Å². The monoisotopic (exact) mass is 250 g/mol. The van der Waals surface area contributed by atoms with E-state index in [4.69, 9.17) is 0 Å². The fourth-order valence-corrected chi connectivity index (χ4v) is 2.25.